The summed E-state index contributed by atoms with van der Waals surface area (Å²) in [6, 6.07) is 15.7. The molecule has 0 aliphatic rings. The number of ether oxygens (including phenoxy) is 1. The molecule has 1 unspecified atom stereocenters. The van der Waals surface area contributed by atoms with Gasteiger partial charge in [0.2, 0.25) is 0 Å². The zero-order valence-electron chi connectivity index (χ0n) is 15.4. The Balaban J connectivity index is 1.54. The minimum atomic E-state index is -0.749. The molecule has 2 heterocycles. The molecule has 6 nitrogen and oxygen atoms in total. The van der Waals surface area contributed by atoms with Crippen molar-refractivity contribution in [3.63, 3.8) is 0 Å². The predicted molar refractivity (Wildman–Crippen MR) is 108 cm³/mol. The SMILES string of the molecule is Cc1ccc(NC(=O)C(C)Oc2ccc3ccc(=O)oc3c2)c2cccnc12. The van der Waals surface area contributed by atoms with Crippen LogP contribution in [-0.4, -0.2) is 17.0 Å². The minimum absolute atomic E-state index is 0.288. The molecular formula is C22H18N2O4. The Bertz CT molecular complexity index is 1250. The van der Waals surface area contributed by atoms with E-state index in [0.717, 1.165) is 21.9 Å². The second-order valence-electron chi connectivity index (χ2n) is 6.53. The van der Waals surface area contributed by atoms with Gasteiger partial charge in [0.1, 0.15) is 11.3 Å². The topological polar surface area (TPSA) is 81.4 Å². The van der Waals surface area contributed by atoms with Gasteiger partial charge >= 0.3 is 5.63 Å². The molecule has 0 saturated carbocycles. The highest BCUT2D eigenvalue weighted by molar-refractivity contribution is 6.03. The molecule has 2 aromatic heterocycles. The summed E-state index contributed by atoms with van der Waals surface area (Å²) in [5.74, 6) is 0.156. The van der Waals surface area contributed by atoms with E-state index in [0.29, 0.717) is 17.0 Å². The first-order chi connectivity index (χ1) is 13.5. The molecule has 0 aliphatic carbocycles. The highest BCUT2D eigenvalue weighted by Crippen LogP contribution is 2.25. The highest BCUT2D eigenvalue weighted by Gasteiger charge is 2.17. The molecule has 1 amide bonds. The third-order valence-electron chi connectivity index (χ3n) is 4.51. The number of aromatic nitrogens is 1. The van der Waals surface area contributed by atoms with E-state index >= 15 is 0 Å². The second kappa shape index (κ2) is 7.15. The first-order valence-electron chi connectivity index (χ1n) is 8.87. The number of fused-ring (bicyclic) bond motifs is 2. The zero-order chi connectivity index (χ0) is 19.7. The van der Waals surface area contributed by atoms with Crippen LogP contribution in [0.1, 0.15) is 12.5 Å². The Hall–Kier alpha value is -3.67. The number of benzene rings is 2. The number of carbonyl (C=O) groups is 1. The van der Waals surface area contributed by atoms with E-state index in [1.165, 1.54) is 6.07 Å². The zero-order valence-corrected chi connectivity index (χ0v) is 15.4. The number of hydrogen-bond donors (Lipinski definition) is 1. The lowest BCUT2D eigenvalue weighted by Crippen LogP contribution is -2.30. The molecule has 0 saturated heterocycles. The van der Waals surface area contributed by atoms with E-state index in [1.54, 1.807) is 37.4 Å². The number of anilines is 1. The van der Waals surface area contributed by atoms with Gasteiger partial charge in [-0.15, -0.1) is 0 Å². The van der Waals surface area contributed by atoms with Crippen LogP contribution in [0.4, 0.5) is 5.69 Å². The number of amides is 1. The van der Waals surface area contributed by atoms with Crippen LogP contribution in [0, 0.1) is 6.92 Å². The average molecular weight is 374 g/mol. The molecule has 0 bridgehead atoms. The maximum Gasteiger partial charge on any atom is 0.336 e. The number of nitrogens with one attached hydrogen (secondary N) is 1. The Labute approximate surface area is 160 Å². The summed E-state index contributed by atoms with van der Waals surface area (Å²) in [7, 11) is 0. The third kappa shape index (κ3) is 3.44. The standard InChI is InChI=1S/C22H18N2O4/c1-13-5-9-18(17-4-3-11-23-21(13)17)24-22(26)14(2)27-16-8-6-15-7-10-20(25)28-19(15)12-16/h3-12,14H,1-2H3,(H,24,26). The smallest absolute Gasteiger partial charge is 0.336 e. The van der Waals surface area contributed by atoms with Gasteiger partial charge in [-0.3, -0.25) is 9.78 Å². The van der Waals surface area contributed by atoms with E-state index in [-0.39, 0.29) is 5.91 Å². The fraction of sp³-hybridized carbons (Fsp3) is 0.136. The largest absolute Gasteiger partial charge is 0.481 e. The van der Waals surface area contributed by atoms with Crippen molar-refractivity contribution in [2.24, 2.45) is 0 Å². The van der Waals surface area contributed by atoms with Crippen LogP contribution in [0.2, 0.25) is 0 Å². The van der Waals surface area contributed by atoms with Gasteiger partial charge in [-0.2, -0.15) is 0 Å². The van der Waals surface area contributed by atoms with Crippen LogP contribution in [0.25, 0.3) is 21.9 Å². The quantitative estimate of drug-likeness (QED) is 0.545. The first kappa shape index (κ1) is 17.7. The number of hydrogen-bond acceptors (Lipinski definition) is 5. The second-order valence-corrected chi connectivity index (χ2v) is 6.53. The molecule has 28 heavy (non-hydrogen) atoms. The van der Waals surface area contributed by atoms with Gasteiger partial charge in [0.05, 0.1) is 11.2 Å². The van der Waals surface area contributed by atoms with Crippen molar-refractivity contribution in [1.29, 1.82) is 0 Å². The molecular weight excluding hydrogens is 356 g/mol. The van der Waals surface area contributed by atoms with Gasteiger partial charge in [-0.25, -0.2) is 4.79 Å². The number of carbonyl (C=O) groups excluding carboxylic acids is 1. The predicted octanol–water partition coefficient (Wildman–Crippen LogP) is 4.06. The van der Waals surface area contributed by atoms with Crippen LogP contribution in [0.3, 0.4) is 0 Å². The Morgan fingerprint density at radius 3 is 2.82 bits per heavy atom. The minimum Gasteiger partial charge on any atom is -0.481 e. The van der Waals surface area contributed by atoms with E-state index in [2.05, 4.69) is 10.3 Å². The number of aryl methyl sites for hydroxylation is 1. The van der Waals surface area contributed by atoms with Crippen molar-refractivity contribution in [2.45, 2.75) is 20.0 Å². The fourth-order valence-corrected chi connectivity index (χ4v) is 3.03. The Morgan fingerprint density at radius 2 is 1.96 bits per heavy atom. The molecule has 140 valence electrons. The van der Waals surface area contributed by atoms with Crippen molar-refractivity contribution < 1.29 is 13.9 Å². The van der Waals surface area contributed by atoms with E-state index in [9.17, 15) is 9.59 Å². The lowest BCUT2D eigenvalue weighted by Gasteiger charge is -2.16. The molecule has 4 rings (SSSR count). The molecule has 0 fully saturated rings. The molecule has 1 N–H and O–H groups in total. The molecule has 4 aromatic rings. The van der Waals surface area contributed by atoms with Crippen LogP contribution in [0.5, 0.6) is 5.75 Å². The fourth-order valence-electron chi connectivity index (χ4n) is 3.03. The van der Waals surface area contributed by atoms with Crippen LogP contribution in [0.15, 0.2) is 70.0 Å². The summed E-state index contributed by atoms with van der Waals surface area (Å²) in [4.78, 5) is 28.4. The summed E-state index contributed by atoms with van der Waals surface area (Å²) >= 11 is 0. The van der Waals surface area contributed by atoms with E-state index < -0.39 is 11.7 Å². The van der Waals surface area contributed by atoms with Gasteiger partial charge in [-0.05, 0) is 55.8 Å². The summed E-state index contributed by atoms with van der Waals surface area (Å²) in [5, 5.41) is 4.55. The third-order valence-corrected chi connectivity index (χ3v) is 4.51. The maximum atomic E-state index is 12.6. The van der Waals surface area contributed by atoms with E-state index in [1.807, 2.05) is 31.2 Å². The molecule has 1 atom stereocenters. The van der Waals surface area contributed by atoms with Gasteiger partial charge in [0.15, 0.2) is 6.10 Å². The molecule has 0 aliphatic heterocycles. The van der Waals surface area contributed by atoms with Crippen LogP contribution in [-0.2, 0) is 4.79 Å². The van der Waals surface area contributed by atoms with Crippen molar-refractivity contribution in [2.75, 3.05) is 5.32 Å². The Morgan fingerprint density at radius 1 is 1.14 bits per heavy atom. The van der Waals surface area contributed by atoms with Crippen molar-refractivity contribution in [3.8, 4) is 5.75 Å². The van der Waals surface area contributed by atoms with Crippen molar-refractivity contribution >= 4 is 33.5 Å². The number of pyridine rings is 1. The molecule has 2 aromatic carbocycles. The maximum absolute atomic E-state index is 12.6. The summed E-state index contributed by atoms with van der Waals surface area (Å²) < 4.78 is 10.9. The molecule has 6 heteroatoms. The lowest BCUT2D eigenvalue weighted by atomic mass is 10.1. The summed E-state index contributed by atoms with van der Waals surface area (Å²) in [6.45, 7) is 3.64. The normalized spacial score (nSPS) is 12.1. The van der Waals surface area contributed by atoms with Crippen LogP contribution >= 0.6 is 0 Å². The molecule has 0 spiro atoms. The summed E-state index contributed by atoms with van der Waals surface area (Å²) in [6.07, 6.45) is 0.978. The first-order valence-corrected chi connectivity index (χ1v) is 8.87. The van der Waals surface area contributed by atoms with Gasteiger partial charge in [-0.1, -0.05) is 6.07 Å². The summed E-state index contributed by atoms with van der Waals surface area (Å²) in [5.41, 5.74) is 2.54. The Kier molecular flexibility index (Phi) is 4.53. The average Bonchev–Trinajstić information content (AvgIpc) is 2.70. The van der Waals surface area contributed by atoms with E-state index in [4.69, 9.17) is 9.15 Å². The lowest BCUT2D eigenvalue weighted by molar-refractivity contribution is -0.122. The van der Waals surface area contributed by atoms with Gasteiger partial charge < -0.3 is 14.5 Å². The van der Waals surface area contributed by atoms with Crippen LogP contribution < -0.4 is 15.7 Å². The number of rotatable bonds is 4. The van der Waals surface area contributed by atoms with Gasteiger partial charge in [0.25, 0.3) is 5.91 Å². The van der Waals surface area contributed by atoms with Gasteiger partial charge in [0, 0.05) is 29.1 Å². The van der Waals surface area contributed by atoms with Crippen molar-refractivity contribution in [3.05, 3.63) is 76.8 Å². The highest BCUT2D eigenvalue weighted by atomic mass is 16.5. The number of nitrogens with zero attached hydrogens (tertiary/aromatic N) is 1. The molecule has 0 radical (unpaired) electrons. The van der Waals surface area contributed by atoms with Crippen molar-refractivity contribution in [1.82, 2.24) is 4.98 Å². The monoisotopic (exact) mass is 374 g/mol.